The van der Waals surface area contributed by atoms with Crippen LogP contribution in [0.25, 0.3) is 0 Å². The van der Waals surface area contributed by atoms with E-state index in [-0.39, 0.29) is 5.82 Å². The van der Waals surface area contributed by atoms with Gasteiger partial charge in [0.1, 0.15) is 5.82 Å². The Morgan fingerprint density at radius 2 is 2.08 bits per heavy atom. The van der Waals surface area contributed by atoms with Crippen molar-refractivity contribution in [2.24, 2.45) is 5.92 Å². The standard InChI is InChI=1S/C11H16FN/c1-8(2)7-13-10-5-4-9(3)11(12)6-10/h4-6,8,13H,7H2,1-3H3. The Labute approximate surface area is 79.0 Å². The first-order valence-electron chi connectivity index (χ1n) is 4.59. The predicted octanol–water partition coefficient (Wildman–Crippen LogP) is 3.20. The quantitative estimate of drug-likeness (QED) is 0.755. The number of rotatable bonds is 3. The maximum Gasteiger partial charge on any atom is 0.128 e. The summed E-state index contributed by atoms with van der Waals surface area (Å²) in [6.45, 7) is 6.89. The third-order valence-corrected chi connectivity index (χ3v) is 1.89. The monoisotopic (exact) mass is 181 g/mol. The molecule has 0 saturated carbocycles. The average molecular weight is 181 g/mol. The molecule has 0 saturated heterocycles. The second-order valence-electron chi connectivity index (χ2n) is 3.74. The molecule has 1 rings (SSSR count). The number of hydrogen-bond donors (Lipinski definition) is 1. The second-order valence-corrected chi connectivity index (χ2v) is 3.74. The van der Waals surface area contributed by atoms with E-state index in [0.717, 1.165) is 12.2 Å². The third kappa shape index (κ3) is 3.05. The van der Waals surface area contributed by atoms with Gasteiger partial charge in [0.25, 0.3) is 0 Å². The van der Waals surface area contributed by atoms with Crippen molar-refractivity contribution < 1.29 is 4.39 Å². The molecule has 0 amide bonds. The van der Waals surface area contributed by atoms with Crippen molar-refractivity contribution in [1.82, 2.24) is 0 Å². The normalized spacial score (nSPS) is 10.5. The molecule has 1 nitrogen and oxygen atoms in total. The zero-order valence-electron chi connectivity index (χ0n) is 8.39. The van der Waals surface area contributed by atoms with E-state index in [9.17, 15) is 4.39 Å². The lowest BCUT2D eigenvalue weighted by atomic mass is 10.2. The van der Waals surface area contributed by atoms with Crippen LogP contribution in [-0.4, -0.2) is 6.54 Å². The summed E-state index contributed by atoms with van der Waals surface area (Å²) < 4.78 is 13.1. The first-order chi connectivity index (χ1) is 6.09. The minimum Gasteiger partial charge on any atom is -0.385 e. The molecule has 0 bridgehead atoms. The largest absolute Gasteiger partial charge is 0.385 e. The van der Waals surface area contributed by atoms with Gasteiger partial charge in [-0.1, -0.05) is 19.9 Å². The molecule has 0 aromatic heterocycles. The van der Waals surface area contributed by atoms with Crippen molar-refractivity contribution >= 4 is 5.69 Å². The summed E-state index contributed by atoms with van der Waals surface area (Å²) >= 11 is 0. The Kier molecular flexibility index (Phi) is 3.29. The molecule has 72 valence electrons. The molecule has 0 radical (unpaired) electrons. The lowest BCUT2D eigenvalue weighted by Crippen LogP contribution is -2.07. The molecule has 0 aliphatic rings. The Hall–Kier alpha value is -1.05. The lowest BCUT2D eigenvalue weighted by molar-refractivity contribution is 0.618. The number of halogens is 1. The molecular weight excluding hydrogens is 165 g/mol. The maximum atomic E-state index is 13.1. The fourth-order valence-corrected chi connectivity index (χ4v) is 1.02. The van der Waals surface area contributed by atoms with Crippen molar-refractivity contribution in [2.75, 3.05) is 11.9 Å². The average Bonchev–Trinajstić information content (AvgIpc) is 2.07. The summed E-state index contributed by atoms with van der Waals surface area (Å²) in [6.07, 6.45) is 0. The van der Waals surface area contributed by atoms with Crippen LogP contribution in [-0.2, 0) is 0 Å². The fraction of sp³-hybridized carbons (Fsp3) is 0.455. The van der Waals surface area contributed by atoms with E-state index < -0.39 is 0 Å². The molecule has 1 N–H and O–H groups in total. The molecule has 0 fully saturated rings. The summed E-state index contributed by atoms with van der Waals surface area (Å²) in [4.78, 5) is 0. The van der Waals surface area contributed by atoms with E-state index in [0.29, 0.717) is 11.5 Å². The SMILES string of the molecule is Cc1ccc(NCC(C)C)cc1F. The number of benzene rings is 1. The minimum atomic E-state index is -0.145. The van der Waals surface area contributed by atoms with Crippen LogP contribution in [0.3, 0.4) is 0 Å². The summed E-state index contributed by atoms with van der Waals surface area (Å²) in [6, 6.07) is 5.23. The van der Waals surface area contributed by atoms with Crippen LogP contribution in [0.15, 0.2) is 18.2 Å². The van der Waals surface area contributed by atoms with Gasteiger partial charge in [0.05, 0.1) is 0 Å². The van der Waals surface area contributed by atoms with Crippen LogP contribution in [0.5, 0.6) is 0 Å². The second kappa shape index (κ2) is 4.26. The number of aryl methyl sites for hydroxylation is 1. The Balaban J connectivity index is 2.63. The zero-order chi connectivity index (χ0) is 9.84. The van der Waals surface area contributed by atoms with Crippen LogP contribution in [0.4, 0.5) is 10.1 Å². The van der Waals surface area contributed by atoms with Crippen LogP contribution < -0.4 is 5.32 Å². The van der Waals surface area contributed by atoms with Crippen LogP contribution >= 0.6 is 0 Å². The first kappa shape index (κ1) is 10.0. The minimum absolute atomic E-state index is 0.145. The molecule has 0 spiro atoms. The number of anilines is 1. The predicted molar refractivity (Wildman–Crippen MR) is 54.5 cm³/mol. The first-order valence-corrected chi connectivity index (χ1v) is 4.59. The van der Waals surface area contributed by atoms with E-state index >= 15 is 0 Å². The lowest BCUT2D eigenvalue weighted by Gasteiger charge is -2.09. The highest BCUT2D eigenvalue weighted by Gasteiger charge is 1.99. The van der Waals surface area contributed by atoms with Gasteiger partial charge in [-0.05, 0) is 30.5 Å². The molecule has 13 heavy (non-hydrogen) atoms. The molecule has 2 heteroatoms. The smallest absolute Gasteiger partial charge is 0.128 e. The van der Waals surface area contributed by atoms with Gasteiger partial charge in [-0.15, -0.1) is 0 Å². The molecule has 1 aromatic rings. The highest BCUT2D eigenvalue weighted by Crippen LogP contribution is 2.13. The van der Waals surface area contributed by atoms with E-state index in [4.69, 9.17) is 0 Å². The van der Waals surface area contributed by atoms with Crippen molar-refractivity contribution in [3.05, 3.63) is 29.6 Å². The zero-order valence-corrected chi connectivity index (χ0v) is 8.39. The van der Waals surface area contributed by atoms with Crippen molar-refractivity contribution in [3.8, 4) is 0 Å². The van der Waals surface area contributed by atoms with Gasteiger partial charge >= 0.3 is 0 Å². The molecule has 0 unspecified atom stereocenters. The highest BCUT2D eigenvalue weighted by molar-refractivity contribution is 5.45. The summed E-state index contributed by atoms with van der Waals surface area (Å²) in [5, 5.41) is 3.17. The van der Waals surface area contributed by atoms with E-state index in [1.54, 1.807) is 13.0 Å². The van der Waals surface area contributed by atoms with Gasteiger partial charge in [0, 0.05) is 12.2 Å². The molecule has 1 aromatic carbocycles. The number of nitrogens with one attached hydrogen (secondary N) is 1. The highest BCUT2D eigenvalue weighted by atomic mass is 19.1. The summed E-state index contributed by atoms with van der Waals surface area (Å²) in [5.74, 6) is 0.429. The van der Waals surface area contributed by atoms with Gasteiger partial charge in [0.15, 0.2) is 0 Å². The maximum absolute atomic E-state index is 13.1. The van der Waals surface area contributed by atoms with Gasteiger partial charge in [-0.25, -0.2) is 4.39 Å². The molecular formula is C11H16FN. The number of hydrogen-bond acceptors (Lipinski definition) is 1. The van der Waals surface area contributed by atoms with E-state index in [1.165, 1.54) is 6.07 Å². The van der Waals surface area contributed by atoms with Crippen LogP contribution in [0, 0.1) is 18.7 Å². The summed E-state index contributed by atoms with van der Waals surface area (Å²) in [7, 11) is 0. The van der Waals surface area contributed by atoms with Crippen molar-refractivity contribution in [1.29, 1.82) is 0 Å². The van der Waals surface area contributed by atoms with Gasteiger partial charge in [0.2, 0.25) is 0 Å². The molecule has 0 atom stereocenters. The Bertz CT molecular complexity index is 281. The molecule has 0 aliphatic heterocycles. The molecule has 0 heterocycles. The van der Waals surface area contributed by atoms with Gasteiger partial charge in [-0.3, -0.25) is 0 Å². The summed E-state index contributed by atoms with van der Waals surface area (Å²) in [5.41, 5.74) is 1.55. The van der Waals surface area contributed by atoms with Crippen molar-refractivity contribution in [2.45, 2.75) is 20.8 Å². The molecule has 0 aliphatic carbocycles. The fourth-order valence-electron chi connectivity index (χ4n) is 1.02. The topological polar surface area (TPSA) is 12.0 Å². The van der Waals surface area contributed by atoms with Gasteiger partial charge in [-0.2, -0.15) is 0 Å². The van der Waals surface area contributed by atoms with Crippen LogP contribution in [0.2, 0.25) is 0 Å². The van der Waals surface area contributed by atoms with E-state index in [1.807, 2.05) is 6.07 Å². The Morgan fingerprint density at radius 3 is 2.62 bits per heavy atom. The van der Waals surface area contributed by atoms with E-state index in [2.05, 4.69) is 19.2 Å². The van der Waals surface area contributed by atoms with Crippen molar-refractivity contribution in [3.63, 3.8) is 0 Å². The third-order valence-electron chi connectivity index (χ3n) is 1.89. The van der Waals surface area contributed by atoms with Gasteiger partial charge < -0.3 is 5.32 Å². The Morgan fingerprint density at radius 1 is 1.38 bits per heavy atom. The van der Waals surface area contributed by atoms with Crippen LogP contribution in [0.1, 0.15) is 19.4 Å².